The molecule has 2 aromatic rings. The van der Waals surface area contributed by atoms with Crippen LogP contribution >= 0.6 is 11.6 Å². The van der Waals surface area contributed by atoms with E-state index in [0.29, 0.717) is 0 Å². The predicted octanol–water partition coefficient (Wildman–Crippen LogP) is 4.20. The summed E-state index contributed by atoms with van der Waals surface area (Å²) in [5.74, 6) is 0. The molecule has 0 radical (unpaired) electrons. The molecule has 0 saturated heterocycles. The van der Waals surface area contributed by atoms with Gasteiger partial charge in [0.05, 0.1) is 0 Å². The van der Waals surface area contributed by atoms with Crippen molar-refractivity contribution >= 4 is 11.6 Å². The van der Waals surface area contributed by atoms with Crippen LogP contribution in [0.15, 0.2) is 42.5 Å². The standard InChI is InChI=1S/C16H18ClN/c1-11-3-6-13(7-4-11)9-16(18)15-10-14(17)8-5-12(15)2/h3-8,10,16H,9,18H2,1-2H3. The van der Waals surface area contributed by atoms with Crippen LogP contribution in [-0.4, -0.2) is 0 Å². The molecular formula is C16H18ClN. The molecule has 0 fully saturated rings. The summed E-state index contributed by atoms with van der Waals surface area (Å²) >= 11 is 6.03. The first-order valence-corrected chi connectivity index (χ1v) is 6.51. The maximum absolute atomic E-state index is 6.28. The second kappa shape index (κ2) is 5.55. The van der Waals surface area contributed by atoms with Crippen LogP contribution in [0.2, 0.25) is 5.02 Å². The fraction of sp³-hybridized carbons (Fsp3) is 0.250. The van der Waals surface area contributed by atoms with Crippen LogP contribution in [-0.2, 0) is 6.42 Å². The molecule has 0 saturated carbocycles. The van der Waals surface area contributed by atoms with Crippen LogP contribution in [0.5, 0.6) is 0 Å². The van der Waals surface area contributed by atoms with Crippen molar-refractivity contribution in [2.75, 3.05) is 0 Å². The minimum Gasteiger partial charge on any atom is -0.324 e. The number of aryl methyl sites for hydroxylation is 2. The Kier molecular flexibility index (Phi) is 4.05. The Morgan fingerprint density at radius 3 is 2.39 bits per heavy atom. The molecule has 1 atom stereocenters. The molecule has 94 valence electrons. The summed E-state index contributed by atoms with van der Waals surface area (Å²) in [6.07, 6.45) is 0.835. The fourth-order valence-corrected chi connectivity index (χ4v) is 2.28. The van der Waals surface area contributed by atoms with Gasteiger partial charge in [-0.25, -0.2) is 0 Å². The third-order valence-electron chi connectivity index (χ3n) is 3.22. The van der Waals surface area contributed by atoms with E-state index in [1.165, 1.54) is 16.7 Å². The molecule has 2 heteroatoms. The van der Waals surface area contributed by atoms with Crippen molar-refractivity contribution in [2.24, 2.45) is 5.73 Å². The van der Waals surface area contributed by atoms with Crippen molar-refractivity contribution in [2.45, 2.75) is 26.3 Å². The minimum absolute atomic E-state index is 0.00796. The molecule has 0 aliphatic rings. The van der Waals surface area contributed by atoms with Crippen LogP contribution in [0, 0.1) is 13.8 Å². The van der Waals surface area contributed by atoms with E-state index in [2.05, 4.69) is 38.1 Å². The van der Waals surface area contributed by atoms with E-state index in [1.54, 1.807) is 0 Å². The first-order chi connectivity index (χ1) is 8.56. The summed E-state index contributed by atoms with van der Waals surface area (Å²) in [5, 5.41) is 0.745. The quantitative estimate of drug-likeness (QED) is 0.878. The lowest BCUT2D eigenvalue weighted by molar-refractivity contribution is 0.716. The summed E-state index contributed by atoms with van der Waals surface area (Å²) in [6.45, 7) is 4.16. The summed E-state index contributed by atoms with van der Waals surface area (Å²) in [4.78, 5) is 0. The Balaban J connectivity index is 2.18. The third kappa shape index (κ3) is 3.12. The molecule has 0 bridgehead atoms. The molecule has 18 heavy (non-hydrogen) atoms. The summed E-state index contributed by atoms with van der Waals surface area (Å²) in [7, 11) is 0. The number of hydrogen-bond acceptors (Lipinski definition) is 1. The van der Waals surface area contributed by atoms with Gasteiger partial charge in [0.1, 0.15) is 0 Å². The van der Waals surface area contributed by atoms with Gasteiger partial charge in [0.25, 0.3) is 0 Å². The average Bonchev–Trinajstić information content (AvgIpc) is 2.35. The van der Waals surface area contributed by atoms with Crippen LogP contribution in [0.1, 0.15) is 28.3 Å². The minimum atomic E-state index is -0.00796. The van der Waals surface area contributed by atoms with Crippen LogP contribution in [0.25, 0.3) is 0 Å². The Labute approximate surface area is 114 Å². The largest absolute Gasteiger partial charge is 0.324 e. The highest BCUT2D eigenvalue weighted by Crippen LogP contribution is 2.23. The van der Waals surface area contributed by atoms with Gasteiger partial charge in [-0.15, -0.1) is 0 Å². The third-order valence-corrected chi connectivity index (χ3v) is 3.45. The fourth-order valence-electron chi connectivity index (χ4n) is 2.10. The lowest BCUT2D eigenvalue weighted by atomic mass is 9.96. The Bertz CT molecular complexity index is 531. The zero-order chi connectivity index (χ0) is 13.1. The van der Waals surface area contributed by atoms with Crippen LogP contribution in [0.4, 0.5) is 0 Å². The summed E-state index contributed by atoms with van der Waals surface area (Å²) in [6, 6.07) is 14.4. The number of rotatable bonds is 3. The molecule has 2 rings (SSSR count). The van der Waals surface area contributed by atoms with Crippen molar-refractivity contribution in [1.29, 1.82) is 0 Å². The molecule has 0 spiro atoms. The van der Waals surface area contributed by atoms with E-state index in [-0.39, 0.29) is 6.04 Å². The van der Waals surface area contributed by atoms with Crippen molar-refractivity contribution in [3.05, 3.63) is 69.7 Å². The maximum atomic E-state index is 6.28. The van der Waals surface area contributed by atoms with E-state index < -0.39 is 0 Å². The SMILES string of the molecule is Cc1ccc(CC(N)c2cc(Cl)ccc2C)cc1. The van der Waals surface area contributed by atoms with E-state index in [9.17, 15) is 0 Å². The number of halogens is 1. The topological polar surface area (TPSA) is 26.0 Å². The average molecular weight is 260 g/mol. The van der Waals surface area contributed by atoms with Gasteiger partial charge in [0.2, 0.25) is 0 Å². The second-order valence-corrected chi connectivity index (χ2v) is 5.23. The van der Waals surface area contributed by atoms with Gasteiger partial charge >= 0.3 is 0 Å². The Morgan fingerprint density at radius 2 is 1.72 bits per heavy atom. The van der Waals surface area contributed by atoms with E-state index >= 15 is 0 Å². The van der Waals surface area contributed by atoms with E-state index in [1.807, 2.05) is 18.2 Å². The van der Waals surface area contributed by atoms with Crippen molar-refractivity contribution in [1.82, 2.24) is 0 Å². The van der Waals surface area contributed by atoms with Gasteiger partial charge in [-0.1, -0.05) is 47.5 Å². The predicted molar refractivity (Wildman–Crippen MR) is 78.0 cm³/mol. The molecular weight excluding hydrogens is 242 g/mol. The monoisotopic (exact) mass is 259 g/mol. The van der Waals surface area contributed by atoms with Crippen molar-refractivity contribution < 1.29 is 0 Å². The van der Waals surface area contributed by atoms with Crippen molar-refractivity contribution in [3.8, 4) is 0 Å². The van der Waals surface area contributed by atoms with Gasteiger partial charge < -0.3 is 5.73 Å². The molecule has 0 heterocycles. The molecule has 1 nitrogen and oxygen atoms in total. The highest BCUT2D eigenvalue weighted by atomic mass is 35.5. The van der Waals surface area contributed by atoms with Crippen LogP contribution in [0.3, 0.4) is 0 Å². The highest BCUT2D eigenvalue weighted by molar-refractivity contribution is 6.30. The summed E-state index contributed by atoms with van der Waals surface area (Å²) < 4.78 is 0. The number of hydrogen-bond donors (Lipinski definition) is 1. The number of benzene rings is 2. The van der Waals surface area contributed by atoms with E-state index in [0.717, 1.165) is 17.0 Å². The molecule has 2 aromatic carbocycles. The van der Waals surface area contributed by atoms with Gasteiger partial charge in [-0.2, -0.15) is 0 Å². The number of nitrogens with two attached hydrogens (primary N) is 1. The lowest BCUT2D eigenvalue weighted by Crippen LogP contribution is -2.14. The van der Waals surface area contributed by atoms with Gasteiger partial charge in [-0.3, -0.25) is 0 Å². The van der Waals surface area contributed by atoms with Gasteiger partial charge in [0, 0.05) is 11.1 Å². The molecule has 1 unspecified atom stereocenters. The van der Waals surface area contributed by atoms with Crippen LogP contribution < -0.4 is 5.73 Å². The molecule has 0 amide bonds. The first kappa shape index (κ1) is 13.1. The van der Waals surface area contributed by atoms with Gasteiger partial charge in [-0.05, 0) is 49.1 Å². The van der Waals surface area contributed by atoms with E-state index in [4.69, 9.17) is 17.3 Å². The molecule has 0 aliphatic carbocycles. The smallest absolute Gasteiger partial charge is 0.0409 e. The zero-order valence-electron chi connectivity index (χ0n) is 10.8. The molecule has 0 aliphatic heterocycles. The first-order valence-electron chi connectivity index (χ1n) is 6.13. The molecule has 2 N–H and O–H groups in total. The Morgan fingerprint density at radius 1 is 1.06 bits per heavy atom. The van der Waals surface area contributed by atoms with Gasteiger partial charge in [0.15, 0.2) is 0 Å². The van der Waals surface area contributed by atoms with Crippen molar-refractivity contribution in [3.63, 3.8) is 0 Å². The molecule has 0 aromatic heterocycles. The highest BCUT2D eigenvalue weighted by Gasteiger charge is 2.10. The summed E-state index contributed by atoms with van der Waals surface area (Å²) in [5.41, 5.74) is 11.1. The lowest BCUT2D eigenvalue weighted by Gasteiger charge is -2.15. The maximum Gasteiger partial charge on any atom is 0.0409 e. The second-order valence-electron chi connectivity index (χ2n) is 4.80. The normalized spacial score (nSPS) is 12.4. The zero-order valence-corrected chi connectivity index (χ0v) is 11.5. The Hall–Kier alpha value is -1.31.